The smallest absolute Gasteiger partial charge is 0.295 e. The van der Waals surface area contributed by atoms with E-state index in [1.54, 1.807) is 50.6 Å². The lowest BCUT2D eigenvalue weighted by Gasteiger charge is -2.16. The molecule has 140 valence electrons. The molecule has 1 atom stereocenters. The molecule has 1 N–H and O–H groups in total. The summed E-state index contributed by atoms with van der Waals surface area (Å²) in [5, 5.41) is 2.93. The fraction of sp³-hybridized carbons (Fsp3) is 0.211. The average molecular weight is 387 g/mol. The zero-order valence-corrected chi connectivity index (χ0v) is 15.6. The number of halogens is 1. The summed E-state index contributed by atoms with van der Waals surface area (Å²) in [5.41, 5.74) is 1.28. The molecule has 2 aromatic carbocycles. The Bertz CT molecular complexity index is 869. The molecule has 2 aromatic rings. The number of carbonyl (C=O) groups is 2. The van der Waals surface area contributed by atoms with E-state index in [0.29, 0.717) is 22.3 Å². The number of methoxy groups -OCH3 is 1. The van der Waals surface area contributed by atoms with Gasteiger partial charge in [-0.05, 0) is 48.5 Å². The average Bonchev–Trinajstić information content (AvgIpc) is 2.97. The highest BCUT2D eigenvalue weighted by atomic mass is 32.2. The Morgan fingerprint density at radius 1 is 1.19 bits per heavy atom. The maximum atomic E-state index is 13.0. The summed E-state index contributed by atoms with van der Waals surface area (Å²) < 4.78 is 18.1. The van der Waals surface area contributed by atoms with Crippen molar-refractivity contribution in [2.75, 3.05) is 30.9 Å². The summed E-state index contributed by atoms with van der Waals surface area (Å²) in [6.45, 7) is 0.249. The number of rotatable bonds is 4. The first-order valence-corrected chi connectivity index (χ1v) is 9.05. The summed E-state index contributed by atoms with van der Waals surface area (Å²) in [4.78, 5) is 30.3. The third-order valence-electron chi connectivity index (χ3n) is 4.03. The van der Waals surface area contributed by atoms with Crippen molar-refractivity contribution in [1.29, 1.82) is 0 Å². The van der Waals surface area contributed by atoms with E-state index < -0.39 is 16.9 Å². The van der Waals surface area contributed by atoms with Gasteiger partial charge in [0.25, 0.3) is 5.91 Å². The normalized spacial score (nSPS) is 17.4. The minimum atomic E-state index is -0.578. The van der Waals surface area contributed by atoms with Crippen molar-refractivity contribution < 1.29 is 18.7 Å². The molecule has 0 radical (unpaired) electrons. The van der Waals surface area contributed by atoms with Crippen molar-refractivity contribution in [2.45, 2.75) is 5.25 Å². The number of thioether (sulfide) groups is 1. The van der Waals surface area contributed by atoms with Gasteiger partial charge in [-0.2, -0.15) is 0 Å². The number of aliphatic imine (C=N–C) groups is 1. The molecule has 1 aliphatic rings. The Morgan fingerprint density at radius 2 is 1.85 bits per heavy atom. The SMILES string of the molecule is CN=C(Nc1ccc(F)cc1)SC1CN(c2ccc(OC)cc2)C(=O)C1=O. The molecule has 1 fully saturated rings. The second-order valence-electron chi connectivity index (χ2n) is 5.75. The molecular weight excluding hydrogens is 369 g/mol. The van der Waals surface area contributed by atoms with Gasteiger partial charge in [0, 0.05) is 25.0 Å². The van der Waals surface area contributed by atoms with Crippen LogP contribution in [0, 0.1) is 5.82 Å². The maximum Gasteiger partial charge on any atom is 0.295 e. The zero-order valence-electron chi connectivity index (χ0n) is 14.8. The van der Waals surface area contributed by atoms with Crippen molar-refractivity contribution in [3.63, 3.8) is 0 Å². The Hall–Kier alpha value is -2.87. The van der Waals surface area contributed by atoms with Crippen LogP contribution in [0.15, 0.2) is 53.5 Å². The van der Waals surface area contributed by atoms with E-state index in [1.165, 1.54) is 28.8 Å². The number of hydrogen-bond acceptors (Lipinski definition) is 5. The zero-order chi connectivity index (χ0) is 19.4. The van der Waals surface area contributed by atoms with E-state index in [2.05, 4.69) is 10.3 Å². The first-order chi connectivity index (χ1) is 13.0. The second-order valence-corrected chi connectivity index (χ2v) is 6.94. The van der Waals surface area contributed by atoms with Crippen LogP contribution in [-0.4, -0.2) is 42.8 Å². The van der Waals surface area contributed by atoms with Crippen molar-refractivity contribution in [1.82, 2.24) is 0 Å². The molecular formula is C19H18FN3O3S. The van der Waals surface area contributed by atoms with Gasteiger partial charge >= 0.3 is 0 Å². The summed E-state index contributed by atoms with van der Waals surface area (Å²) >= 11 is 1.18. The molecule has 0 spiro atoms. The Morgan fingerprint density at radius 3 is 2.44 bits per heavy atom. The van der Waals surface area contributed by atoms with Crippen LogP contribution in [0.25, 0.3) is 0 Å². The topological polar surface area (TPSA) is 71.0 Å². The summed E-state index contributed by atoms with van der Waals surface area (Å²) in [7, 11) is 3.15. The molecule has 1 unspecified atom stereocenters. The molecule has 1 aliphatic heterocycles. The van der Waals surface area contributed by atoms with E-state index in [0.717, 1.165) is 0 Å². The molecule has 1 saturated heterocycles. The van der Waals surface area contributed by atoms with Gasteiger partial charge in [-0.1, -0.05) is 11.8 Å². The van der Waals surface area contributed by atoms with Gasteiger partial charge in [0.1, 0.15) is 11.6 Å². The van der Waals surface area contributed by atoms with Gasteiger partial charge < -0.3 is 15.0 Å². The van der Waals surface area contributed by atoms with Crippen LogP contribution in [0.5, 0.6) is 5.75 Å². The third-order valence-corrected chi connectivity index (χ3v) is 5.19. The van der Waals surface area contributed by atoms with Crippen LogP contribution in [0.2, 0.25) is 0 Å². The minimum Gasteiger partial charge on any atom is -0.497 e. The van der Waals surface area contributed by atoms with Gasteiger partial charge in [0.2, 0.25) is 5.78 Å². The monoisotopic (exact) mass is 387 g/mol. The van der Waals surface area contributed by atoms with Crippen LogP contribution in [-0.2, 0) is 9.59 Å². The van der Waals surface area contributed by atoms with E-state index >= 15 is 0 Å². The van der Waals surface area contributed by atoms with Crippen LogP contribution in [0.3, 0.4) is 0 Å². The van der Waals surface area contributed by atoms with Gasteiger partial charge in [-0.15, -0.1) is 0 Å². The number of amides is 1. The Kier molecular flexibility index (Phi) is 5.75. The number of ether oxygens (including phenoxy) is 1. The largest absolute Gasteiger partial charge is 0.497 e. The van der Waals surface area contributed by atoms with Crippen LogP contribution in [0.1, 0.15) is 0 Å². The number of carbonyl (C=O) groups excluding carboxylic acids is 2. The van der Waals surface area contributed by atoms with E-state index in [1.807, 2.05) is 0 Å². The molecule has 27 heavy (non-hydrogen) atoms. The lowest BCUT2D eigenvalue weighted by Crippen LogP contribution is -2.26. The van der Waals surface area contributed by atoms with E-state index in [-0.39, 0.29) is 12.4 Å². The number of hydrogen-bond donors (Lipinski definition) is 1. The molecule has 0 saturated carbocycles. The molecule has 0 bridgehead atoms. The molecule has 0 aliphatic carbocycles. The predicted molar refractivity (Wildman–Crippen MR) is 105 cm³/mol. The third kappa shape index (κ3) is 4.28. The number of ketones is 1. The van der Waals surface area contributed by atoms with Crippen molar-refractivity contribution in [3.8, 4) is 5.75 Å². The maximum absolute atomic E-state index is 13.0. The van der Waals surface area contributed by atoms with Crippen LogP contribution >= 0.6 is 11.8 Å². The number of amidine groups is 1. The quantitative estimate of drug-likeness (QED) is 0.496. The van der Waals surface area contributed by atoms with E-state index in [9.17, 15) is 14.0 Å². The van der Waals surface area contributed by atoms with Crippen LogP contribution in [0.4, 0.5) is 15.8 Å². The van der Waals surface area contributed by atoms with Crippen molar-refractivity contribution >= 4 is 40.0 Å². The molecule has 1 heterocycles. The number of nitrogens with one attached hydrogen (secondary N) is 1. The highest BCUT2D eigenvalue weighted by Gasteiger charge is 2.40. The lowest BCUT2D eigenvalue weighted by molar-refractivity contribution is -0.133. The molecule has 0 aromatic heterocycles. The predicted octanol–water partition coefficient (Wildman–Crippen LogP) is 2.95. The fourth-order valence-electron chi connectivity index (χ4n) is 2.61. The standard InChI is InChI=1S/C19H18FN3O3S/c1-21-19(22-13-5-3-12(20)4-6-13)27-16-11-23(18(25)17(16)24)14-7-9-15(26-2)10-8-14/h3-10,16H,11H2,1-2H3,(H,21,22). The molecule has 6 nitrogen and oxygen atoms in total. The number of benzene rings is 2. The number of nitrogens with zero attached hydrogens (tertiary/aromatic N) is 2. The summed E-state index contributed by atoms with van der Waals surface area (Å²) in [6, 6.07) is 12.8. The highest BCUT2D eigenvalue weighted by Crippen LogP contribution is 2.28. The minimum absolute atomic E-state index is 0.249. The van der Waals surface area contributed by atoms with Gasteiger partial charge in [0.15, 0.2) is 5.17 Å². The van der Waals surface area contributed by atoms with Crippen LogP contribution < -0.4 is 15.0 Å². The Labute approximate surface area is 160 Å². The fourth-order valence-corrected chi connectivity index (χ4v) is 3.59. The highest BCUT2D eigenvalue weighted by molar-refractivity contribution is 8.15. The second kappa shape index (κ2) is 8.22. The molecule has 1 amide bonds. The first-order valence-electron chi connectivity index (χ1n) is 8.17. The lowest BCUT2D eigenvalue weighted by atomic mass is 10.3. The van der Waals surface area contributed by atoms with Gasteiger partial charge in [-0.3, -0.25) is 14.6 Å². The molecule has 8 heteroatoms. The van der Waals surface area contributed by atoms with Gasteiger partial charge in [0.05, 0.1) is 12.4 Å². The van der Waals surface area contributed by atoms with Gasteiger partial charge in [-0.25, -0.2) is 4.39 Å². The number of Topliss-reactive ketones (excluding diaryl/α,β-unsaturated/α-hetero) is 1. The van der Waals surface area contributed by atoms with E-state index in [4.69, 9.17) is 4.74 Å². The summed E-state index contributed by atoms with van der Waals surface area (Å²) in [6.07, 6.45) is 0. The Balaban J connectivity index is 1.69. The first kappa shape index (κ1) is 18.9. The molecule has 3 rings (SSSR count). The summed E-state index contributed by atoms with van der Waals surface area (Å²) in [5.74, 6) is -0.686. The number of anilines is 2. The van der Waals surface area contributed by atoms with Crippen molar-refractivity contribution in [2.24, 2.45) is 4.99 Å². The van der Waals surface area contributed by atoms with Crippen molar-refractivity contribution in [3.05, 3.63) is 54.3 Å².